The first-order valence-corrected chi connectivity index (χ1v) is 18.2. The number of hydrogen-bond acceptors (Lipinski definition) is 8. The number of aliphatic hydroxyl groups is 2. The summed E-state index contributed by atoms with van der Waals surface area (Å²) in [5.74, 6) is -1.61. The highest BCUT2D eigenvalue weighted by atomic mass is 16.5. The van der Waals surface area contributed by atoms with Crippen LogP contribution < -0.4 is 21.3 Å². The van der Waals surface area contributed by atoms with E-state index in [1.807, 2.05) is 82.3 Å². The molecule has 0 spiro atoms. The van der Waals surface area contributed by atoms with Gasteiger partial charge in [0, 0.05) is 41.8 Å². The van der Waals surface area contributed by atoms with Gasteiger partial charge in [0.2, 0.25) is 17.7 Å². The van der Waals surface area contributed by atoms with E-state index in [4.69, 9.17) is 4.74 Å². The minimum absolute atomic E-state index is 0.00513. The number of carbonyl (C=O) groups is 4. The number of aromatic amines is 2. The van der Waals surface area contributed by atoms with Gasteiger partial charge >= 0.3 is 6.09 Å². The van der Waals surface area contributed by atoms with E-state index in [-0.39, 0.29) is 44.3 Å². The second-order valence-corrected chi connectivity index (χ2v) is 13.9. The molecular weight excluding hydrogens is 678 g/mol. The molecule has 0 saturated heterocycles. The number of amides is 4. The predicted molar refractivity (Wildman–Crippen MR) is 200 cm³/mol. The van der Waals surface area contributed by atoms with Crippen molar-refractivity contribution in [2.24, 2.45) is 11.8 Å². The van der Waals surface area contributed by atoms with Gasteiger partial charge in [0.05, 0.1) is 37.5 Å². The largest absolute Gasteiger partial charge is 0.445 e. The molecule has 0 fully saturated rings. The number of H-pyrrole nitrogens is 2. The summed E-state index contributed by atoms with van der Waals surface area (Å²) in [7, 11) is 0. The van der Waals surface area contributed by atoms with Crippen LogP contribution >= 0.6 is 0 Å². The summed E-state index contributed by atoms with van der Waals surface area (Å²) in [6, 6.07) is 13.1. The van der Waals surface area contributed by atoms with Gasteiger partial charge in [0.15, 0.2) is 0 Å². The molecular formula is C39H53N7O7. The Hall–Kier alpha value is -5.21. The summed E-state index contributed by atoms with van der Waals surface area (Å²) in [4.78, 5) is 64.3. The molecule has 8 N–H and O–H groups in total. The number of hydrogen-bond donors (Lipinski definition) is 8. The third-order valence-corrected chi connectivity index (χ3v) is 9.32. The molecule has 6 atom stereocenters. The van der Waals surface area contributed by atoms with Crippen molar-refractivity contribution >= 4 is 34.7 Å². The normalized spacial score (nSPS) is 14.8. The van der Waals surface area contributed by atoms with E-state index in [0.29, 0.717) is 12.1 Å². The zero-order chi connectivity index (χ0) is 38.3. The molecule has 2 heterocycles. The second-order valence-electron chi connectivity index (χ2n) is 13.9. The number of imidazole rings is 1. The predicted octanol–water partition coefficient (Wildman–Crippen LogP) is 3.26. The molecule has 0 aliphatic rings. The lowest BCUT2D eigenvalue weighted by atomic mass is 9.95. The van der Waals surface area contributed by atoms with E-state index in [0.717, 1.165) is 28.5 Å². The summed E-state index contributed by atoms with van der Waals surface area (Å²) >= 11 is 0. The van der Waals surface area contributed by atoms with Crippen molar-refractivity contribution < 1.29 is 34.1 Å². The van der Waals surface area contributed by atoms with Crippen LogP contribution in [0.5, 0.6) is 0 Å². The van der Waals surface area contributed by atoms with E-state index in [2.05, 4.69) is 36.2 Å². The molecule has 0 radical (unpaired) electrons. The van der Waals surface area contributed by atoms with Gasteiger partial charge in [-0.05, 0) is 35.4 Å². The number of alkyl carbamates (subject to hydrolysis) is 1. The van der Waals surface area contributed by atoms with Gasteiger partial charge in [-0.2, -0.15) is 0 Å². The van der Waals surface area contributed by atoms with Gasteiger partial charge in [-0.3, -0.25) is 14.4 Å². The molecule has 14 nitrogen and oxygen atoms in total. The monoisotopic (exact) mass is 731 g/mol. The van der Waals surface area contributed by atoms with Gasteiger partial charge in [-0.15, -0.1) is 0 Å². The second kappa shape index (κ2) is 20.1. The van der Waals surface area contributed by atoms with Crippen molar-refractivity contribution in [2.45, 2.75) is 96.7 Å². The maximum absolute atomic E-state index is 14.1. The van der Waals surface area contributed by atoms with Gasteiger partial charge in [-0.1, -0.05) is 82.6 Å². The molecule has 4 rings (SSSR count). The van der Waals surface area contributed by atoms with Crippen molar-refractivity contribution in [3.63, 3.8) is 0 Å². The Bertz CT molecular complexity index is 1740. The molecule has 14 heteroatoms. The summed E-state index contributed by atoms with van der Waals surface area (Å²) in [6.07, 6.45) is 3.61. The van der Waals surface area contributed by atoms with Gasteiger partial charge < -0.3 is 46.2 Å². The number of fused-ring (bicyclic) bond motifs is 1. The van der Waals surface area contributed by atoms with E-state index in [9.17, 15) is 29.4 Å². The van der Waals surface area contributed by atoms with Crippen LogP contribution in [-0.2, 0) is 38.6 Å². The number of nitrogens with zero attached hydrogens (tertiary/aromatic N) is 1. The molecule has 53 heavy (non-hydrogen) atoms. The average molecular weight is 732 g/mol. The third kappa shape index (κ3) is 12.5. The number of aliphatic hydroxyl groups excluding tert-OH is 2. The Morgan fingerprint density at radius 3 is 2.23 bits per heavy atom. The molecule has 2 aromatic heterocycles. The first-order valence-electron chi connectivity index (χ1n) is 18.2. The lowest BCUT2D eigenvalue weighted by Crippen LogP contribution is -2.57. The quantitative estimate of drug-likeness (QED) is 0.0675. The Labute approximate surface area is 309 Å². The molecule has 0 bridgehead atoms. The van der Waals surface area contributed by atoms with E-state index >= 15 is 0 Å². The van der Waals surface area contributed by atoms with Crippen LogP contribution in [0.4, 0.5) is 4.79 Å². The fraction of sp³-hybridized carbons (Fsp3) is 0.462. The molecule has 0 saturated carbocycles. The average Bonchev–Trinajstić information content (AvgIpc) is 3.82. The standard InChI is InChI=1S/C39H53N7O7/c1-5-25(4)34(21-47)43-36(49)18-35(48)31(15-24(2)3)44-38(51)33(17-28-20-40-23-42-28)45-37(50)32(16-27-19-41-30-14-10-9-13-29(27)30)46-39(52)53-22-26-11-7-6-8-12-26/h6-14,19-20,23-25,31-35,41,47-48H,5,15-18,21-22H2,1-4H3,(H,40,42)(H,43,49)(H,44,51)(H,45,50)(H,46,52)/t25-,31-,32-,33-,34+,35-/m0/s1. The molecule has 0 aliphatic heterocycles. The minimum atomic E-state index is -1.25. The van der Waals surface area contributed by atoms with Crippen LogP contribution in [0.2, 0.25) is 0 Å². The highest BCUT2D eigenvalue weighted by Gasteiger charge is 2.32. The fourth-order valence-electron chi connectivity index (χ4n) is 6.09. The fourth-order valence-corrected chi connectivity index (χ4v) is 6.09. The molecule has 286 valence electrons. The number of benzene rings is 2. The van der Waals surface area contributed by atoms with Gasteiger partial charge in [0.1, 0.15) is 18.7 Å². The summed E-state index contributed by atoms with van der Waals surface area (Å²) in [5, 5.41) is 33.0. The highest BCUT2D eigenvalue weighted by molar-refractivity contribution is 5.92. The molecule has 0 aliphatic carbocycles. The lowest BCUT2D eigenvalue weighted by molar-refractivity contribution is -0.131. The Morgan fingerprint density at radius 1 is 0.849 bits per heavy atom. The van der Waals surface area contributed by atoms with Crippen LogP contribution in [0.15, 0.2) is 73.3 Å². The van der Waals surface area contributed by atoms with Crippen LogP contribution in [-0.4, -0.2) is 85.9 Å². The minimum Gasteiger partial charge on any atom is -0.445 e. The maximum Gasteiger partial charge on any atom is 0.408 e. The van der Waals surface area contributed by atoms with Crippen molar-refractivity contribution in [3.8, 4) is 0 Å². The number of para-hydroxylation sites is 1. The highest BCUT2D eigenvalue weighted by Crippen LogP contribution is 2.20. The van der Waals surface area contributed by atoms with Crippen LogP contribution in [0.1, 0.15) is 63.8 Å². The van der Waals surface area contributed by atoms with E-state index < -0.39 is 54.1 Å². The number of carbonyl (C=O) groups excluding carboxylic acids is 4. The first kappa shape index (κ1) is 40.6. The Morgan fingerprint density at radius 2 is 1.55 bits per heavy atom. The van der Waals surface area contributed by atoms with Crippen molar-refractivity contribution in [3.05, 3.63) is 90.1 Å². The van der Waals surface area contributed by atoms with Crippen molar-refractivity contribution in [2.75, 3.05) is 6.61 Å². The zero-order valence-corrected chi connectivity index (χ0v) is 30.8. The van der Waals surface area contributed by atoms with Crippen LogP contribution in [0.25, 0.3) is 10.9 Å². The van der Waals surface area contributed by atoms with Crippen molar-refractivity contribution in [1.82, 2.24) is 36.2 Å². The molecule has 2 aromatic carbocycles. The molecule has 0 unspecified atom stereocenters. The topological polar surface area (TPSA) is 211 Å². The number of nitrogens with one attached hydrogen (secondary N) is 6. The first-order chi connectivity index (χ1) is 25.5. The zero-order valence-electron chi connectivity index (χ0n) is 30.8. The summed E-state index contributed by atoms with van der Waals surface area (Å²) in [5.41, 5.74) is 2.97. The van der Waals surface area contributed by atoms with E-state index in [1.54, 1.807) is 6.20 Å². The summed E-state index contributed by atoms with van der Waals surface area (Å²) in [6.45, 7) is 7.49. The molecule has 4 aromatic rings. The Balaban J connectivity index is 1.53. The third-order valence-electron chi connectivity index (χ3n) is 9.32. The van der Waals surface area contributed by atoms with Crippen LogP contribution in [0.3, 0.4) is 0 Å². The van der Waals surface area contributed by atoms with Gasteiger partial charge in [0.25, 0.3) is 0 Å². The van der Waals surface area contributed by atoms with Crippen LogP contribution in [0, 0.1) is 11.8 Å². The number of rotatable bonds is 20. The van der Waals surface area contributed by atoms with Gasteiger partial charge in [-0.25, -0.2) is 9.78 Å². The summed E-state index contributed by atoms with van der Waals surface area (Å²) < 4.78 is 5.45. The maximum atomic E-state index is 14.1. The van der Waals surface area contributed by atoms with E-state index in [1.165, 1.54) is 12.5 Å². The smallest absolute Gasteiger partial charge is 0.408 e. The Kier molecular flexibility index (Phi) is 15.4. The molecule has 4 amide bonds. The number of ether oxygens (including phenoxy) is 1. The van der Waals surface area contributed by atoms with Crippen molar-refractivity contribution in [1.29, 1.82) is 0 Å². The SMILES string of the molecule is CC[C@H](C)[C@@H](CO)NC(=O)C[C@H](O)[C@H](CC(C)C)NC(=O)[C@H](Cc1cnc[nH]1)NC(=O)[C@H](Cc1c[nH]c2ccccc12)NC(=O)OCc1ccccc1. The number of aromatic nitrogens is 3. The lowest BCUT2D eigenvalue weighted by Gasteiger charge is -2.29.